The van der Waals surface area contributed by atoms with E-state index in [2.05, 4.69) is 27.9 Å². The Balaban J connectivity index is 1.61. The summed E-state index contributed by atoms with van der Waals surface area (Å²) in [5.41, 5.74) is 6.61. The van der Waals surface area contributed by atoms with Gasteiger partial charge in [-0.1, -0.05) is 25.1 Å². The number of imidazole rings is 1. The number of fused-ring (bicyclic) bond motifs is 1. The predicted molar refractivity (Wildman–Crippen MR) is 127 cm³/mol. The van der Waals surface area contributed by atoms with Gasteiger partial charge in [-0.2, -0.15) is 0 Å². The van der Waals surface area contributed by atoms with Gasteiger partial charge >= 0.3 is 0 Å². The lowest BCUT2D eigenvalue weighted by Gasteiger charge is -2.16. The fraction of sp³-hybridized carbons (Fsp3) is 0.148. The van der Waals surface area contributed by atoms with E-state index in [4.69, 9.17) is 4.74 Å². The number of nitrogens with zero attached hydrogens (tertiary/aromatic N) is 4. The molecule has 0 fully saturated rings. The molecule has 6 heteroatoms. The minimum atomic E-state index is -0.250. The van der Waals surface area contributed by atoms with Crippen LogP contribution in [0.15, 0.2) is 79.5 Å². The number of methoxy groups -OCH3 is 1. The van der Waals surface area contributed by atoms with Crippen LogP contribution in [0.3, 0.4) is 0 Å². The van der Waals surface area contributed by atoms with Crippen molar-refractivity contribution >= 4 is 10.9 Å². The molecule has 0 aliphatic rings. The number of halogens is 1. The minimum absolute atomic E-state index is 0.0292. The summed E-state index contributed by atoms with van der Waals surface area (Å²) in [6, 6.07) is 16.7. The van der Waals surface area contributed by atoms with Crippen molar-refractivity contribution in [2.45, 2.75) is 19.8 Å². The zero-order valence-corrected chi connectivity index (χ0v) is 18.7. The van der Waals surface area contributed by atoms with Crippen molar-refractivity contribution in [1.29, 1.82) is 0 Å². The SMILES string of the molecule is COc1cc(-c2ccnc3c(C(C)c4ccc(F)cc4)nccc23)ccc1-n1cnc(C)c1. The molecule has 0 aliphatic heterocycles. The summed E-state index contributed by atoms with van der Waals surface area (Å²) in [5, 5.41) is 1.00. The Labute approximate surface area is 191 Å². The quantitative estimate of drug-likeness (QED) is 0.333. The number of ether oxygens (including phenoxy) is 1. The molecule has 0 N–H and O–H groups in total. The van der Waals surface area contributed by atoms with Gasteiger partial charge in [-0.05, 0) is 60.0 Å². The number of benzene rings is 2. The predicted octanol–water partition coefficient (Wildman–Crippen LogP) is 6.09. The lowest BCUT2D eigenvalue weighted by atomic mass is 9.93. The summed E-state index contributed by atoms with van der Waals surface area (Å²) in [6.07, 6.45) is 7.36. The topological polar surface area (TPSA) is 52.8 Å². The van der Waals surface area contributed by atoms with Crippen LogP contribution in [0.25, 0.3) is 27.7 Å². The average Bonchev–Trinajstić information content (AvgIpc) is 3.29. The molecule has 0 saturated carbocycles. The third-order valence-corrected chi connectivity index (χ3v) is 5.95. The molecule has 5 rings (SSSR count). The van der Waals surface area contributed by atoms with Crippen LogP contribution in [-0.2, 0) is 0 Å². The smallest absolute Gasteiger partial charge is 0.143 e. The molecule has 2 aromatic carbocycles. The van der Waals surface area contributed by atoms with Crippen LogP contribution in [0.1, 0.15) is 29.8 Å². The van der Waals surface area contributed by atoms with Gasteiger partial charge in [-0.3, -0.25) is 9.97 Å². The van der Waals surface area contributed by atoms with Gasteiger partial charge in [-0.15, -0.1) is 0 Å². The first-order valence-corrected chi connectivity index (χ1v) is 10.7. The second kappa shape index (κ2) is 8.47. The Kier molecular flexibility index (Phi) is 5.34. The summed E-state index contributed by atoms with van der Waals surface area (Å²) < 4.78 is 21.1. The maximum atomic E-state index is 13.4. The molecule has 164 valence electrons. The van der Waals surface area contributed by atoms with Crippen LogP contribution in [0.5, 0.6) is 5.75 Å². The van der Waals surface area contributed by atoms with Crippen LogP contribution in [0.2, 0.25) is 0 Å². The van der Waals surface area contributed by atoms with Crippen LogP contribution in [0, 0.1) is 12.7 Å². The van der Waals surface area contributed by atoms with Gasteiger partial charge < -0.3 is 9.30 Å². The fourth-order valence-electron chi connectivity index (χ4n) is 4.19. The highest BCUT2D eigenvalue weighted by Crippen LogP contribution is 2.35. The average molecular weight is 439 g/mol. The van der Waals surface area contributed by atoms with Crippen LogP contribution in [0.4, 0.5) is 4.39 Å². The number of hydrogen-bond acceptors (Lipinski definition) is 4. The Bertz CT molecular complexity index is 1440. The summed E-state index contributed by atoms with van der Waals surface area (Å²) in [7, 11) is 1.67. The van der Waals surface area contributed by atoms with Crippen molar-refractivity contribution in [3.63, 3.8) is 0 Å². The maximum Gasteiger partial charge on any atom is 0.143 e. The summed E-state index contributed by atoms with van der Waals surface area (Å²) >= 11 is 0. The molecule has 33 heavy (non-hydrogen) atoms. The minimum Gasteiger partial charge on any atom is -0.495 e. The Morgan fingerprint density at radius 1 is 0.939 bits per heavy atom. The van der Waals surface area contributed by atoms with Crippen LogP contribution >= 0.6 is 0 Å². The van der Waals surface area contributed by atoms with Crippen molar-refractivity contribution in [1.82, 2.24) is 19.5 Å². The number of aromatic nitrogens is 4. The van der Waals surface area contributed by atoms with E-state index in [0.717, 1.165) is 50.4 Å². The van der Waals surface area contributed by atoms with E-state index in [1.165, 1.54) is 12.1 Å². The van der Waals surface area contributed by atoms with Gasteiger partial charge in [0.25, 0.3) is 0 Å². The van der Waals surface area contributed by atoms with Gasteiger partial charge in [-0.25, -0.2) is 9.37 Å². The van der Waals surface area contributed by atoms with Gasteiger partial charge in [0, 0.05) is 29.9 Å². The van der Waals surface area contributed by atoms with Crippen molar-refractivity contribution in [2.75, 3.05) is 7.11 Å². The molecule has 0 amide bonds. The molecule has 1 unspecified atom stereocenters. The second-order valence-corrected chi connectivity index (χ2v) is 8.03. The number of rotatable bonds is 5. The summed E-state index contributed by atoms with van der Waals surface area (Å²) in [5.74, 6) is 0.475. The normalized spacial score (nSPS) is 12.1. The molecule has 0 aliphatic carbocycles. The van der Waals surface area contributed by atoms with E-state index in [-0.39, 0.29) is 11.7 Å². The zero-order chi connectivity index (χ0) is 22.9. The Hall–Kier alpha value is -4.06. The highest BCUT2D eigenvalue weighted by molar-refractivity contribution is 5.96. The van der Waals surface area contributed by atoms with E-state index in [9.17, 15) is 4.39 Å². The molecule has 0 bridgehead atoms. The third-order valence-electron chi connectivity index (χ3n) is 5.95. The molecule has 1 atom stereocenters. The van der Waals surface area contributed by atoms with Gasteiger partial charge in [0.05, 0.1) is 36.0 Å². The van der Waals surface area contributed by atoms with Gasteiger partial charge in [0.1, 0.15) is 11.6 Å². The second-order valence-electron chi connectivity index (χ2n) is 8.03. The molecule has 3 heterocycles. The molecule has 0 radical (unpaired) electrons. The van der Waals surface area contributed by atoms with Crippen molar-refractivity contribution in [2.24, 2.45) is 0 Å². The lowest BCUT2D eigenvalue weighted by Crippen LogP contribution is -2.02. The molecular weight excluding hydrogens is 415 g/mol. The van der Waals surface area contributed by atoms with Crippen LogP contribution in [-0.4, -0.2) is 26.6 Å². The highest BCUT2D eigenvalue weighted by Gasteiger charge is 2.17. The Morgan fingerprint density at radius 2 is 1.73 bits per heavy atom. The third kappa shape index (κ3) is 3.84. The molecule has 0 saturated heterocycles. The largest absolute Gasteiger partial charge is 0.495 e. The molecule has 3 aromatic heterocycles. The number of pyridine rings is 2. The van der Waals surface area contributed by atoms with E-state index >= 15 is 0 Å². The molecule has 5 aromatic rings. The van der Waals surface area contributed by atoms with Gasteiger partial charge in [0.2, 0.25) is 0 Å². The van der Waals surface area contributed by atoms with Crippen LogP contribution < -0.4 is 4.74 Å². The van der Waals surface area contributed by atoms with Crippen molar-refractivity contribution in [3.8, 4) is 22.6 Å². The molecule has 0 spiro atoms. The van der Waals surface area contributed by atoms with E-state index < -0.39 is 0 Å². The lowest BCUT2D eigenvalue weighted by molar-refractivity contribution is 0.413. The standard InChI is InChI=1S/C27H23FN4O/c1-17-15-32(16-31-17)24-9-6-20(14-25(24)33-3)22-10-12-30-27-23(22)11-13-29-26(27)18(2)19-4-7-21(28)8-5-19/h4-16,18H,1-3H3. The summed E-state index contributed by atoms with van der Waals surface area (Å²) in [4.78, 5) is 13.6. The number of hydrogen-bond donors (Lipinski definition) is 0. The molecular formula is C27H23FN4O. The van der Waals surface area contributed by atoms with E-state index in [1.54, 1.807) is 31.8 Å². The Morgan fingerprint density at radius 3 is 2.45 bits per heavy atom. The highest BCUT2D eigenvalue weighted by atomic mass is 19.1. The first-order valence-electron chi connectivity index (χ1n) is 10.7. The first-order chi connectivity index (χ1) is 16.0. The van der Waals surface area contributed by atoms with E-state index in [1.807, 2.05) is 48.1 Å². The number of aryl methyl sites for hydroxylation is 1. The van der Waals surface area contributed by atoms with Crippen molar-refractivity contribution in [3.05, 3.63) is 102 Å². The molecule has 5 nitrogen and oxygen atoms in total. The fourth-order valence-corrected chi connectivity index (χ4v) is 4.19. The first kappa shape index (κ1) is 20.8. The van der Waals surface area contributed by atoms with Crippen molar-refractivity contribution < 1.29 is 9.13 Å². The van der Waals surface area contributed by atoms with Gasteiger partial charge in [0.15, 0.2) is 0 Å². The monoisotopic (exact) mass is 438 g/mol. The summed E-state index contributed by atoms with van der Waals surface area (Å²) in [6.45, 7) is 4.02. The maximum absolute atomic E-state index is 13.4. The van der Waals surface area contributed by atoms with E-state index in [0.29, 0.717) is 0 Å². The zero-order valence-electron chi connectivity index (χ0n) is 18.7.